The van der Waals surface area contributed by atoms with E-state index in [1.54, 1.807) is 11.3 Å². The van der Waals surface area contributed by atoms with Crippen LogP contribution in [0, 0.1) is 6.92 Å². The lowest BCUT2D eigenvalue weighted by atomic mass is 10.1. The van der Waals surface area contributed by atoms with E-state index in [9.17, 15) is 0 Å². The van der Waals surface area contributed by atoms with E-state index in [1.165, 1.54) is 10.5 Å². The molecule has 1 N–H and O–H groups in total. The maximum atomic E-state index is 5.92. The second kappa shape index (κ2) is 7.23. The summed E-state index contributed by atoms with van der Waals surface area (Å²) in [5, 5.41) is 16.9. The molecule has 3 aromatic heterocycles. The van der Waals surface area contributed by atoms with Crippen molar-refractivity contribution >= 4 is 11.3 Å². The fourth-order valence-electron chi connectivity index (χ4n) is 2.91. The third kappa shape index (κ3) is 3.44. The number of quaternary nitrogens is 1. The molecule has 26 heavy (non-hydrogen) atoms. The van der Waals surface area contributed by atoms with Crippen LogP contribution in [0.15, 0.2) is 56.1 Å². The number of aromatic nitrogens is 3. The van der Waals surface area contributed by atoms with Crippen molar-refractivity contribution < 1.29 is 13.8 Å². The van der Waals surface area contributed by atoms with Gasteiger partial charge in [0.05, 0.1) is 7.05 Å². The fraction of sp³-hybridized carbons (Fsp3) is 0.211. The Balaban J connectivity index is 1.56. The summed E-state index contributed by atoms with van der Waals surface area (Å²) < 4.78 is 11.3. The molecule has 6 nitrogen and oxygen atoms in total. The minimum atomic E-state index is 0.445. The summed E-state index contributed by atoms with van der Waals surface area (Å²) in [6.45, 7) is 3.43. The van der Waals surface area contributed by atoms with E-state index in [0.717, 1.165) is 23.4 Å². The van der Waals surface area contributed by atoms with Crippen molar-refractivity contribution in [2.45, 2.75) is 20.0 Å². The molecule has 0 aliphatic rings. The van der Waals surface area contributed by atoms with E-state index in [0.29, 0.717) is 24.1 Å². The Morgan fingerprint density at radius 1 is 1.08 bits per heavy atom. The number of rotatable bonds is 6. The van der Waals surface area contributed by atoms with Gasteiger partial charge in [-0.2, -0.15) is 11.3 Å². The molecule has 3 heterocycles. The molecule has 0 amide bonds. The largest absolute Gasteiger partial charge is 0.415 e. The Morgan fingerprint density at radius 3 is 2.69 bits per heavy atom. The van der Waals surface area contributed by atoms with E-state index in [1.807, 2.05) is 37.3 Å². The van der Waals surface area contributed by atoms with E-state index >= 15 is 0 Å². The summed E-state index contributed by atoms with van der Waals surface area (Å²) in [5.41, 5.74) is 3.75. The van der Waals surface area contributed by atoms with Crippen molar-refractivity contribution in [1.82, 2.24) is 15.4 Å². The minimum Gasteiger partial charge on any atom is -0.415 e. The first-order valence-electron chi connectivity index (χ1n) is 8.37. The van der Waals surface area contributed by atoms with Gasteiger partial charge in [0.25, 0.3) is 11.8 Å². The molecule has 0 fully saturated rings. The first kappa shape index (κ1) is 16.7. The molecule has 0 saturated carbocycles. The van der Waals surface area contributed by atoms with Gasteiger partial charge in [-0.25, -0.2) is 0 Å². The van der Waals surface area contributed by atoms with Crippen LogP contribution in [-0.4, -0.2) is 22.4 Å². The first-order valence-corrected chi connectivity index (χ1v) is 9.32. The highest BCUT2D eigenvalue weighted by Gasteiger charge is 2.22. The van der Waals surface area contributed by atoms with E-state index < -0.39 is 0 Å². The molecule has 0 bridgehead atoms. The molecule has 1 atom stereocenters. The average Bonchev–Trinajstić information content (AvgIpc) is 3.37. The van der Waals surface area contributed by atoms with Crippen molar-refractivity contribution in [3.8, 4) is 22.7 Å². The maximum Gasteiger partial charge on any atom is 0.271 e. The summed E-state index contributed by atoms with van der Waals surface area (Å²) in [6.07, 6.45) is 0. The van der Waals surface area contributed by atoms with E-state index in [-0.39, 0.29) is 0 Å². The lowest BCUT2D eigenvalue weighted by Gasteiger charge is -2.09. The molecule has 0 spiro atoms. The third-order valence-electron chi connectivity index (χ3n) is 4.13. The number of aryl methyl sites for hydroxylation is 1. The first-order chi connectivity index (χ1) is 12.7. The summed E-state index contributed by atoms with van der Waals surface area (Å²) in [7, 11) is 2.11. The number of hydrogen-bond donors (Lipinski definition) is 1. The predicted molar refractivity (Wildman–Crippen MR) is 98.6 cm³/mol. The molecule has 132 valence electrons. The van der Waals surface area contributed by atoms with Crippen molar-refractivity contribution in [2.75, 3.05) is 7.05 Å². The van der Waals surface area contributed by atoms with Crippen LogP contribution in [-0.2, 0) is 13.1 Å². The van der Waals surface area contributed by atoms with Gasteiger partial charge in [-0.1, -0.05) is 35.5 Å². The zero-order valence-corrected chi connectivity index (χ0v) is 15.4. The summed E-state index contributed by atoms with van der Waals surface area (Å²) in [6, 6.07) is 12.0. The van der Waals surface area contributed by atoms with Gasteiger partial charge in [0.2, 0.25) is 0 Å². The molecule has 0 aliphatic carbocycles. The summed E-state index contributed by atoms with van der Waals surface area (Å²) in [4.78, 5) is 1.28. The van der Waals surface area contributed by atoms with Gasteiger partial charge in [-0.05, 0) is 23.8 Å². The third-order valence-corrected chi connectivity index (χ3v) is 4.86. The smallest absolute Gasteiger partial charge is 0.271 e. The van der Waals surface area contributed by atoms with Gasteiger partial charge in [-0.3, -0.25) is 0 Å². The Morgan fingerprint density at radius 2 is 1.92 bits per heavy atom. The van der Waals surface area contributed by atoms with Gasteiger partial charge >= 0.3 is 0 Å². The molecule has 0 radical (unpaired) electrons. The van der Waals surface area contributed by atoms with Gasteiger partial charge < -0.3 is 13.8 Å². The highest BCUT2D eigenvalue weighted by Crippen LogP contribution is 2.33. The van der Waals surface area contributed by atoms with Crippen LogP contribution in [0.5, 0.6) is 0 Å². The zero-order chi connectivity index (χ0) is 17.9. The van der Waals surface area contributed by atoms with Crippen LogP contribution >= 0.6 is 11.3 Å². The topological polar surface area (TPSA) is 69.4 Å². The Bertz CT molecular complexity index is 976. The molecular formula is C19H19N4O2S+. The van der Waals surface area contributed by atoms with Gasteiger partial charge in [0.1, 0.15) is 23.6 Å². The number of benzene rings is 1. The van der Waals surface area contributed by atoms with E-state index in [2.05, 4.69) is 39.2 Å². The Hall–Kier alpha value is -2.77. The number of nitrogens with one attached hydrogen (secondary N) is 1. The Labute approximate surface area is 155 Å². The molecule has 4 rings (SSSR count). The molecule has 1 unspecified atom stereocenters. The van der Waals surface area contributed by atoms with Crippen LogP contribution in [0.2, 0.25) is 0 Å². The van der Waals surface area contributed by atoms with Crippen LogP contribution in [0.4, 0.5) is 0 Å². The van der Waals surface area contributed by atoms with E-state index in [4.69, 9.17) is 8.94 Å². The van der Waals surface area contributed by atoms with Crippen molar-refractivity contribution in [2.24, 2.45) is 0 Å². The number of hydrogen-bond acceptors (Lipinski definition) is 6. The Kier molecular flexibility index (Phi) is 4.64. The van der Waals surface area contributed by atoms with Gasteiger partial charge in [-0.15, -0.1) is 10.2 Å². The lowest BCUT2D eigenvalue weighted by molar-refractivity contribution is -0.909. The molecule has 7 heteroatoms. The standard InChI is InChI=1S/C19H18N4O2S/c1-13-17(18(22-25-13)15-6-4-3-5-7-15)19-21-20-16(24-19)11-23(2)10-14-8-9-26-12-14/h3-9,12H,10-11H2,1-2H3/p+1. The molecular weight excluding hydrogens is 348 g/mol. The second-order valence-electron chi connectivity index (χ2n) is 6.27. The normalized spacial score (nSPS) is 12.4. The summed E-state index contributed by atoms with van der Waals surface area (Å²) in [5.74, 6) is 1.71. The molecule has 4 aromatic rings. The number of nitrogens with zero attached hydrogens (tertiary/aromatic N) is 3. The molecule has 1 aromatic carbocycles. The van der Waals surface area contributed by atoms with Crippen LogP contribution in [0.25, 0.3) is 22.7 Å². The summed E-state index contributed by atoms with van der Waals surface area (Å²) >= 11 is 1.71. The highest BCUT2D eigenvalue weighted by atomic mass is 32.1. The minimum absolute atomic E-state index is 0.445. The SMILES string of the molecule is Cc1onc(-c2ccccc2)c1-c1nnc(C[NH+](C)Cc2ccsc2)o1. The fourth-order valence-corrected chi connectivity index (χ4v) is 3.57. The van der Waals surface area contributed by atoms with Crippen LogP contribution < -0.4 is 4.90 Å². The van der Waals surface area contributed by atoms with Crippen molar-refractivity contribution in [3.63, 3.8) is 0 Å². The zero-order valence-electron chi connectivity index (χ0n) is 14.6. The predicted octanol–water partition coefficient (Wildman–Crippen LogP) is 2.98. The average molecular weight is 367 g/mol. The molecule has 0 saturated heterocycles. The second-order valence-corrected chi connectivity index (χ2v) is 7.05. The highest BCUT2D eigenvalue weighted by molar-refractivity contribution is 7.07. The van der Waals surface area contributed by atoms with Crippen LogP contribution in [0.3, 0.4) is 0 Å². The lowest BCUT2D eigenvalue weighted by Crippen LogP contribution is -3.06. The van der Waals surface area contributed by atoms with Gasteiger partial charge in [0, 0.05) is 11.1 Å². The molecule has 0 aliphatic heterocycles. The van der Waals surface area contributed by atoms with Gasteiger partial charge in [0.15, 0.2) is 6.54 Å². The monoisotopic (exact) mass is 367 g/mol. The van der Waals surface area contributed by atoms with Crippen LogP contribution in [0.1, 0.15) is 17.2 Å². The number of thiophene rings is 1. The maximum absolute atomic E-state index is 5.92. The van der Waals surface area contributed by atoms with Crippen molar-refractivity contribution in [3.05, 3.63) is 64.4 Å². The van der Waals surface area contributed by atoms with Crippen molar-refractivity contribution in [1.29, 1.82) is 0 Å². The quantitative estimate of drug-likeness (QED) is 0.567.